The number of rotatable bonds is 8. The number of aromatic nitrogens is 2. The van der Waals surface area contributed by atoms with Gasteiger partial charge in [-0.15, -0.1) is 11.3 Å². The standard InChI is InChI=1S/C25H20N4O4S2/c30-24(27-19-7-11-21(12-8-19)35(31,32)29-25-26-13-14-34-25)16-33-20-9-5-17(6-10-20)23-15-18-3-1-2-4-22(18)28-23/h1-15,28H,16H2,(H,26,29)(H,27,30). The molecule has 10 heteroatoms. The zero-order valence-corrected chi connectivity index (χ0v) is 19.9. The van der Waals surface area contributed by atoms with Crippen molar-refractivity contribution in [3.05, 3.63) is 90.4 Å². The van der Waals surface area contributed by atoms with Crippen LogP contribution in [0.15, 0.2) is 95.3 Å². The molecule has 2 heterocycles. The number of anilines is 2. The van der Waals surface area contributed by atoms with Crippen molar-refractivity contribution in [2.24, 2.45) is 0 Å². The lowest BCUT2D eigenvalue weighted by molar-refractivity contribution is -0.118. The Hall–Kier alpha value is -4.15. The summed E-state index contributed by atoms with van der Waals surface area (Å²) in [6, 6.07) is 23.5. The van der Waals surface area contributed by atoms with Crippen LogP contribution in [0.4, 0.5) is 10.8 Å². The van der Waals surface area contributed by atoms with Crippen molar-refractivity contribution in [3.8, 4) is 17.0 Å². The van der Waals surface area contributed by atoms with Crippen LogP contribution in [-0.2, 0) is 14.8 Å². The molecule has 35 heavy (non-hydrogen) atoms. The summed E-state index contributed by atoms with van der Waals surface area (Å²) in [5.74, 6) is 0.205. The molecule has 0 spiro atoms. The number of fused-ring (bicyclic) bond motifs is 1. The lowest BCUT2D eigenvalue weighted by atomic mass is 10.1. The van der Waals surface area contributed by atoms with Gasteiger partial charge in [0.25, 0.3) is 15.9 Å². The van der Waals surface area contributed by atoms with Gasteiger partial charge in [-0.1, -0.05) is 18.2 Å². The maximum Gasteiger partial charge on any atom is 0.263 e. The van der Waals surface area contributed by atoms with Gasteiger partial charge < -0.3 is 15.0 Å². The van der Waals surface area contributed by atoms with Gasteiger partial charge in [-0.3, -0.25) is 9.52 Å². The maximum absolute atomic E-state index is 12.4. The monoisotopic (exact) mass is 504 g/mol. The number of para-hydroxylation sites is 1. The second kappa shape index (κ2) is 9.61. The largest absolute Gasteiger partial charge is 0.484 e. The fraction of sp³-hybridized carbons (Fsp3) is 0.0400. The summed E-state index contributed by atoms with van der Waals surface area (Å²) >= 11 is 1.19. The molecule has 5 rings (SSSR count). The van der Waals surface area contributed by atoms with Crippen LogP contribution < -0.4 is 14.8 Å². The normalized spacial score (nSPS) is 11.3. The van der Waals surface area contributed by atoms with E-state index in [2.05, 4.69) is 32.1 Å². The molecule has 0 saturated carbocycles. The first kappa shape index (κ1) is 22.6. The van der Waals surface area contributed by atoms with Gasteiger partial charge in [0.15, 0.2) is 11.7 Å². The number of carbonyl (C=O) groups excluding carboxylic acids is 1. The lowest BCUT2D eigenvalue weighted by Gasteiger charge is -2.09. The van der Waals surface area contributed by atoms with Gasteiger partial charge in [0.05, 0.1) is 4.90 Å². The van der Waals surface area contributed by atoms with E-state index in [1.165, 1.54) is 41.8 Å². The minimum absolute atomic E-state index is 0.0667. The van der Waals surface area contributed by atoms with Crippen molar-refractivity contribution in [2.75, 3.05) is 16.6 Å². The van der Waals surface area contributed by atoms with E-state index in [1.54, 1.807) is 5.38 Å². The third-order valence-corrected chi connectivity index (χ3v) is 7.34. The number of sulfonamides is 1. The fourth-order valence-electron chi connectivity index (χ4n) is 3.47. The summed E-state index contributed by atoms with van der Waals surface area (Å²) in [4.78, 5) is 19.7. The zero-order chi connectivity index (χ0) is 24.3. The minimum atomic E-state index is -3.75. The molecule has 2 aromatic heterocycles. The molecule has 1 amide bonds. The molecule has 8 nitrogen and oxygen atoms in total. The van der Waals surface area contributed by atoms with Crippen molar-refractivity contribution < 1.29 is 17.9 Å². The van der Waals surface area contributed by atoms with Gasteiger partial charge in [-0.05, 0) is 66.2 Å². The molecular weight excluding hydrogens is 484 g/mol. The fourth-order valence-corrected chi connectivity index (χ4v) is 5.26. The summed E-state index contributed by atoms with van der Waals surface area (Å²) in [6.45, 7) is -0.183. The van der Waals surface area contributed by atoms with Crippen LogP contribution in [0.3, 0.4) is 0 Å². The van der Waals surface area contributed by atoms with Gasteiger partial charge in [-0.2, -0.15) is 0 Å². The number of carbonyl (C=O) groups is 1. The Labute approximate surface area is 205 Å². The molecule has 0 aliphatic heterocycles. The smallest absolute Gasteiger partial charge is 0.263 e. The second-order valence-corrected chi connectivity index (χ2v) is 10.2. The number of hydrogen-bond donors (Lipinski definition) is 3. The Bertz CT molecular complexity index is 1530. The highest BCUT2D eigenvalue weighted by molar-refractivity contribution is 7.93. The Morgan fingerprint density at radius 2 is 1.77 bits per heavy atom. The molecule has 0 aliphatic carbocycles. The van der Waals surface area contributed by atoms with E-state index in [-0.39, 0.29) is 22.5 Å². The molecule has 0 fully saturated rings. The number of ether oxygens (including phenoxy) is 1. The SMILES string of the molecule is O=C(COc1ccc(-c2cc3ccccc3[nH]2)cc1)Nc1ccc(S(=O)(=O)Nc2nccs2)cc1. The molecule has 0 saturated heterocycles. The van der Waals surface area contributed by atoms with Crippen LogP contribution in [-0.4, -0.2) is 30.9 Å². The highest BCUT2D eigenvalue weighted by Gasteiger charge is 2.15. The van der Waals surface area contributed by atoms with Crippen LogP contribution >= 0.6 is 11.3 Å². The third-order valence-electron chi connectivity index (χ3n) is 5.17. The quantitative estimate of drug-likeness (QED) is 0.272. The van der Waals surface area contributed by atoms with E-state index in [9.17, 15) is 13.2 Å². The molecule has 3 N–H and O–H groups in total. The highest BCUT2D eigenvalue weighted by Crippen LogP contribution is 2.26. The van der Waals surface area contributed by atoms with Crippen LogP contribution in [0.5, 0.6) is 5.75 Å². The van der Waals surface area contributed by atoms with E-state index in [0.29, 0.717) is 11.4 Å². The van der Waals surface area contributed by atoms with Crippen LogP contribution in [0.2, 0.25) is 0 Å². The van der Waals surface area contributed by atoms with Gasteiger partial charge in [0.1, 0.15) is 5.75 Å². The molecule has 0 bridgehead atoms. The number of nitrogens with one attached hydrogen (secondary N) is 3. The molecule has 0 unspecified atom stereocenters. The van der Waals surface area contributed by atoms with Gasteiger partial charge >= 0.3 is 0 Å². The van der Waals surface area contributed by atoms with E-state index in [4.69, 9.17) is 4.74 Å². The first-order valence-corrected chi connectivity index (χ1v) is 13.0. The Kier molecular flexibility index (Phi) is 6.21. The van der Waals surface area contributed by atoms with E-state index in [1.807, 2.05) is 42.5 Å². The maximum atomic E-state index is 12.4. The van der Waals surface area contributed by atoms with Crippen molar-refractivity contribution >= 4 is 49.0 Å². The summed E-state index contributed by atoms with van der Waals surface area (Å²) in [5, 5.41) is 5.80. The number of aromatic amines is 1. The summed E-state index contributed by atoms with van der Waals surface area (Å²) in [6.07, 6.45) is 1.52. The first-order chi connectivity index (χ1) is 17.0. The molecular formula is C25H20N4O4S2. The molecule has 0 atom stereocenters. The van der Waals surface area contributed by atoms with E-state index < -0.39 is 10.0 Å². The Morgan fingerprint density at radius 1 is 1.00 bits per heavy atom. The summed E-state index contributed by atoms with van der Waals surface area (Å²) < 4.78 is 32.8. The van der Waals surface area contributed by atoms with Gasteiger partial charge in [0, 0.05) is 33.9 Å². The third kappa shape index (κ3) is 5.34. The first-order valence-electron chi connectivity index (χ1n) is 10.6. The predicted molar refractivity (Wildman–Crippen MR) is 137 cm³/mol. The molecule has 5 aromatic rings. The van der Waals surface area contributed by atoms with E-state index >= 15 is 0 Å². The molecule has 176 valence electrons. The Morgan fingerprint density at radius 3 is 2.49 bits per heavy atom. The van der Waals surface area contributed by atoms with Crippen LogP contribution in [0.25, 0.3) is 22.2 Å². The van der Waals surface area contributed by atoms with Crippen molar-refractivity contribution in [1.82, 2.24) is 9.97 Å². The second-order valence-electron chi connectivity index (χ2n) is 7.60. The van der Waals surface area contributed by atoms with Gasteiger partial charge in [0.2, 0.25) is 0 Å². The van der Waals surface area contributed by atoms with Crippen molar-refractivity contribution in [2.45, 2.75) is 4.90 Å². The molecule has 0 radical (unpaired) electrons. The lowest BCUT2D eigenvalue weighted by Crippen LogP contribution is -2.20. The number of thiazole rings is 1. The number of benzene rings is 3. The van der Waals surface area contributed by atoms with Crippen LogP contribution in [0, 0.1) is 0 Å². The highest BCUT2D eigenvalue weighted by atomic mass is 32.2. The van der Waals surface area contributed by atoms with E-state index in [0.717, 1.165) is 22.2 Å². The topological polar surface area (TPSA) is 113 Å². The van der Waals surface area contributed by atoms with Crippen molar-refractivity contribution in [1.29, 1.82) is 0 Å². The average Bonchev–Trinajstić information content (AvgIpc) is 3.53. The number of H-pyrrole nitrogens is 1. The number of hydrogen-bond acceptors (Lipinski definition) is 6. The predicted octanol–water partition coefficient (Wildman–Crippen LogP) is 5.11. The summed E-state index contributed by atoms with van der Waals surface area (Å²) in [5.41, 5.74) is 3.54. The molecule has 0 aliphatic rings. The minimum Gasteiger partial charge on any atom is -0.484 e. The number of amides is 1. The number of nitrogens with zero attached hydrogens (tertiary/aromatic N) is 1. The van der Waals surface area contributed by atoms with Crippen LogP contribution in [0.1, 0.15) is 0 Å². The molecule has 3 aromatic carbocycles. The van der Waals surface area contributed by atoms with Crippen molar-refractivity contribution in [3.63, 3.8) is 0 Å². The summed E-state index contributed by atoms with van der Waals surface area (Å²) in [7, 11) is -3.75. The van der Waals surface area contributed by atoms with Gasteiger partial charge in [-0.25, -0.2) is 13.4 Å². The average molecular weight is 505 g/mol. The Balaban J connectivity index is 1.15. The zero-order valence-electron chi connectivity index (χ0n) is 18.3.